The second-order valence-electron chi connectivity index (χ2n) is 3.23. The minimum Gasteiger partial charge on any atom is -0.370 e. The molecule has 1 aromatic heterocycles. The Morgan fingerprint density at radius 2 is 2.44 bits per heavy atom. The van der Waals surface area contributed by atoms with Gasteiger partial charge in [-0.15, -0.1) is 0 Å². The first-order valence-corrected chi connectivity index (χ1v) is 5.29. The van der Waals surface area contributed by atoms with Crippen LogP contribution in [0.4, 0.5) is 5.95 Å². The summed E-state index contributed by atoms with van der Waals surface area (Å²) in [5, 5.41) is 3.53. The lowest BCUT2D eigenvalue weighted by Crippen LogP contribution is -2.23. The molecule has 0 aliphatic heterocycles. The van der Waals surface area contributed by atoms with Gasteiger partial charge >= 0.3 is 0 Å². The number of nitrogens with zero attached hydrogens (tertiary/aromatic N) is 2. The van der Waals surface area contributed by atoms with Crippen molar-refractivity contribution in [3.63, 3.8) is 0 Å². The lowest BCUT2D eigenvalue weighted by atomic mass is 10.3. The molecule has 2 aromatic rings. The normalized spacial score (nSPS) is 12.0. The number of nitrogens with two attached hydrogens (primary N) is 1. The maximum atomic E-state index is 5.87. The molecule has 0 bridgehead atoms. The van der Waals surface area contributed by atoms with Crippen LogP contribution >= 0.6 is 11.6 Å². The number of nitrogens with one attached hydrogen (secondary N) is 2. The number of benzene rings is 1. The Labute approximate surface area is 97.7 Å². The van der Waals surface area contributed by atoms with Crippen LogP contribution in [0.3, 0.4) is 0 Å². The van der Waals surface area contributed by atoms with Gasteiger partial charge in [0.2, 0.25) is 5.95 Å². The number of imidazole rings is 1. The molecule has 2 rings (SSSR count). The zero-order valence-electron chi connectivity index (χ0n) is 8.79. The predicted molar refractivity (Wildman–Crippen MR) is 66.9 cm³/mol. The van der Waals surface area contributed by atoms with Crippen molar-refractivity contribution in [3.8, 4) is 0 Å². The van der Waals surface area contributed by atoms with Crippen LogP contribution in [0.2, 0.25) is 5.02 Å². The van der Waals surface area contributed by atoms with Crippen LogP contribution in [0.1, 0.15) is 6.92 Å². The molecule has 0 aliphatic rings. The van der Waals surface area contributed by atoms with E-state index in [-0.39, 0.29) is 0 Å². The third kappa shape index (κ3) is 2.25. The molecular formula is C10H12ClN5. The number of halogens is 1. The number of aromatic nitrogens is 2. The highest BCUT2D eigenvalue weighted by Gasteiger charge is 2.03. The van der Waals surface area contributed by atoms with Crippen LogP contribution in [0.25, 0.3) is 11.0 Å². The van der Waals surface area contributed by atoms with Crippen molar-refractivity contribution in [2.75, 3.05) is 11.9 Å². The summed E-state index contributed by atoms with van der Waals surface area (Å²) in [6, 6.07) is 5.44. The largest absolute Gasteiger partial charge is 0.370 e. The molecule has 0 aliphatic carbocycles. The van der Waals surface area contributed by atoms with Crippen LogP contribution in [0, 0.1) is 0 Å². The fourth-order valence-electron chi connectivity index (χ4n) is 1.37. The van der Waals surface area contributed by atoms with E-state index in [1.54, 1.807) is 6.07 Å². The van der Waals surface area contributed by atoms with Gasteiger partial charge in [-0.2, -0.15) is 0 Å². The monoisotopic (exact) mass is 237 g/mol. The molecule has 0 amide bonds. The first-order chi connectivity index (χ1) is 7.69. The summed E-state index contributed by atoms with van der Waals surface area (Å²) < 4.78 is 0. The number of hydrogen-bond acceptors (Lipinski definition) is 2. The van der Waals surface area contributed by atoms with Gasteiger partial charge in [0.15, 0.2) is 5.96 Å². The van der Waals surface area contributed by atoms with Crippen LogP contribution in [0.15, 0.2) is 23.2 Å². The van der Waals surface area contributed by atoms with E-state index in [9.17, 15) is 0 Å². The third-order valence-corrected chi connectivity index (χ3v) is 2.25. The van der Waals surface area contributed by atoms with Crippen LogP contribution in [0.5, 0.6) is 0 Å². The second-order valence-corrected chi connectivity index (χ2v) is 3.67. The van der Waals surface area contributed by atoms with E-state index in [4.69, 9.17) is 17.3 Å². The number of anilines is 1. The van der Waals surface area contributed by atoms with Crippen molar-refractivity contribution in [2.24, 2.45) is 10.7 Å². The summed E-state index contributed by atoms with van der Waals surface area (Å²) in [7, 11) is 0. The summed E-state index contributed by atoms with van der Waals surface area (Å²) in [5.74, 6) is 0.902. The molecule has 4 N–H and O–H groups in total. The molecule has 1 heterocycles. The van der Waals surface area contributed by atoms with Crippen LogP contribution < -0.4 is 11.1 Å². The minimum absolute atomic E-state index is 0.340. The molecule has 0 saturated heterocycles. The molecular weight excluding hydrogens is 226 g/mol. The Hall–Kier alpha value is -1.75. The Morgan fingerprint density at radius 1 is 1.62 bits per heavy atom. The standard InChI is InChI=1S/C10H12ClN5/c1-2-13-9(12)16-10-14-7-4-3-6(11)5-8(7)15-10/h3-5H,2H2,1H3,(H4,12,13,14,15,16). The first-order valence-electron chi connectivity index (χ1n) is 4.91. The quantitative estimate of drug-likeness (QED) is 0.552. The second kappa shape index (κ2) is 4.40. The van der Waals surface area contributed by atoms with Gasteiger partial charge in [-0.05, 0) is 25.1 Å². The number of hydrogen-bond donors (Lipinski definition) is 3. The molecule has 0 radical (unpaired) electrons. The fourth-order valence-corrected chi connectivity index (χ4v) is 1.54. The summed E-state index contributed by atoms with van der Waals surface area (Å²) in [5.41, 5.74) is 7.31. The number of H-pyrrole nitrogens is 1. The highest BCUT2D eigenvalue weighted by atomic mass is 35.5. The number of fused-ring (bicyclic) bond motifs is 1. The summed E-state index contributed by atoms with van der Waals surface area (Å²) in [4.78, 5) is 11.4. The van der Waals surface area contributed by atoms with Gasteiger partial charge in [0.25, 0.3) is 0 Å². The number of aliphatic imine (C=N–C) groups is 1. The molecule has 0 spiro atoms. The van der Waals surface area contributed by atoms with Gasteiger partial charge in [0.05, 0.1) is 11.0 Å². The molecule has 84 valence electrons. The highest BCUT2D eigenvalue weighted by molar-refractivity contribution is 6.31. The van der Waals surface area contributed by atoms with E-state index < -0.39 is 0 Å². The molecule has 0 unspecified atom stereocenters. The van der Waals surface area contributed by atoms with E-state index in [1.807, 2.05) is 19.1 Å². The molecule has 1 aromatic carbocycles. The number of rotatable bonds is 2. The zero-order valence-corrected chi connectivity index (χ0v) is 9.54. The average Bonchev–Trinajstić information content (AvgIpc) is 2.59. The Kier molecular flexibility index (Phi) is 2.96. The van der Waals surface area contributed by atoms with E-state index >= 15 is 0 Å². The first kappa shape index (κ1) is 10.8. The van der Waals surface area contributed by atoms with Gasteiger partial charge in [-0.1, -0.05) is 11.6 Å². The average molecular weight is 238 g/mol. The highest BCUT2D eigenvalue weighted by Crippen LogP contribution is 2.18. The SMILES string of the molecule is CCN=C(N)Nc1nc2ccc(Cl)cc2[nH]1. The van der Waals surface area contributed by atoms with Crippen LogP contribution in [-0.4, -0.2) is 22.5 Å². The minimum atomic E-state index is 0.340. The van der Waals surface area contributed by atoms with Crippen molar-refractivity contribution in [1.29, 1.82) is 0 Å². The summed E-state index contributed by atoms with van der Waals surface area (Å²) >= 11 is 5.87. The maximum absolute atomic E-state index is 5.87. The van der Waals surface area contributed by atoms with Gasteiger partial charge in [0, 0.05) is 11.6 Å². The lowest BCUT2D eigenvalue weighted by molar-refractivity contribution is 1.11. The van der Waals surface area contributed by atoms with Gasteiger partial charge in [-0.3, -0.25) is 10.3 Å². The molecule has 0 saturated carbocycles. The van der Waals surface area contributed by atoms with E-state index in [1.165, 1.54) is 0 Å². The third-order valence-electron chi connectivity index (χ3n) is 2.02. The number of aromatic amines is 1. The molecule has 0 atom stereocenters. The van der Waals surface area contributed by atoms with Gasteiger partial charge in [0.1, 0.15) is 0 Å². The predicted octanol–water partition coefficient (Wildman–Crippen LogP) is 1.96. The van der Waals surface area contributed by atoms with Crippen LogP contribution in [-0.2, 0) is 0 Å². The maximum Gasteiger partial charge on any atom is 0.208 e. The molecule has 16 heavy (non-hydrogen) atoms. The van der Waals surface area contributed by atoms with E-state index in [0.717, 1.165) is 11.0 Å². The van der Waals surface area contributed by atoms with Gasteiger partial charge in [-0.25, -0.2) is 4.98 Å². The summed E-state index contributed by atoms with van der Waals surface area (Å²) in [6.07, 6.45) is 0. The van der Waals surface area contributed by atoms with Crippen molar-refractivity contribution >= 4 is 34.5 Å². The van der Waals surface area contributed by atoms with Crippen molar-refractivity contribution in [3.05, 3.63) is 23.2 Å². The smallest absolute Gasteiger partial charge is 0.208 e. The zero-order chi connectivity index (χ0) is 11.5. The van der Waals surface area contributed by atoms with Crippen molar-refractivity contribution < 1.29 is 0 Å². The van der Waals surface area contributed by atoms with Gasteiger partial charge < -0.3 is 10.7 Å². The Morgan fingerprint density at radius 3 is 3.19 bits per heavy atom. The van der Waals surface area contributed by atoms with E-state index in [2.05, 4.69) is 20.3 Å². The Bertz CT molecular complexity index is 531. The van der Waals surface area contributed by atoms with Crippen molar-refractivity contribution in [1.82, 2.24) is 9.97 Å². The lowest BCUT2D eigenvalue weighted by Gasteiger charge is -1.99. The number of guanidine groups is 1. The fraction of sp³-hybridized carbons (Fsp3) is 0.200. The Balaban J connectivity index is 2.29. The van der Waals surface area contributed by atoms with Crippen molar-refractivity contribution in [2.45, 2.75) is 6.92 Å². The summed E-state index contributed by atoms with van der Waals surface area (Å²) in [6.45, 7) is 2.54. The molecule has 6 heteroatoms. The van der Waals surface area contributed by atoms with E-state index in [0.29, 0.717) is 23.5 Å². The topological polar surface area (TPSA) is 79.1 Å². The molecule has 0 fully saturated rings. The molecule has 5 nitrogen and oxygen atoms in total.